The number of carbonyl (C=O) groups is 2. The van der Waals surface area contributed by atoms with E-state index in [1.165, 1.54) is 12.1 Å². The lowest BCUT2D eigenvalue weighted by atomic mass is 10.1. The number of halogens is 2. The third-order valence-corrected chi connectivity index (χ3v) is 3.32. The first-order valence-corrected chi connectivity index (χ1v) is 5.95. The van der Waals surface area contributed by atoms with E-state index < -0.39 is 29.8 Å². The highest BCUT2D eigenvalue weighted by atomic mass is 35.5. The maximum Gasteiger partial charge on any atom is 0.326 e. The van der Waals surface area contributed by atoms with Crippen molar-refractivity contribution in [2.75, 3.05) is 6.54 Å². The van der Waals surface area contributed by atoms with Gasteiger partial charge in [-0.25, -0.2) is 9.18 Å². The minimum Gasteiger partial charge on any atom is -0.480 e. The average molecular weight is 288 g/mol. The zero-order valence-electron chi connectivity index (χ0n) is 9.72. The summed E-state index contributed by atoms with van der Waals surface area (Å²) in [7, 11) is 0. The SMILES string of the molecule is O=C(O)C1CC(O)CN1C(=O)c1c(F)cccc1Cl. The molecule has 1 saturated heterocycles. The summed E-state index contributed by atoms with van der Waals surface area (Å²) in [5.41, 5.74) is -0.371. The van der Waals surface area contributed by atoms with Crippen LogP contribution in [0.1, 0.15) is 16.8 Å². The smallest absolute Gasteiger partial charge is 0.326 e. The standard InChI is InChI=1S/C12H11ClFNO4/c13-7-2-1-3-8(14)10(7)11(17)15-5-6(16)4-9(15)12(18)19/h1-3,6,9,16H,4-5H2,(H,18,19). The molecule has 1 amide bonds. The maximum atomic E-state index is 13.6. The van der Waals surface area contributed by atoms with E-state index in [-0.39, 0.29) is 23.6 Å². The summed E-state index contributed by atoms with van der Waals surface area (Å²) < 4.78 is 13.6. The molecule has 102 valence electrons. The fraction of sp³-hybridized carbons (Fsp3) is 0.333. The Morgan fingerprint density at radius 1 is 1.42 bits per heavy atom. The predicted molar refractivity (Wildman–Crippen MR) is 64.5 cm³/mol. The van der Waals surface area contributed by atoms with Gasteiger partial charge in [-0.1, -0.05) is 17.7 Å². The first kappa shape index (κ1) is 13.8. The molecule has 0 aromatic heterocycles. The number of hydrogen-bond acceptors (Lipinski definition) is 3. The summed E-state index contributed by atoms with van der Waals surface area (Å²) in [6.45, 7) is -0.152. The second kappa shape index (κ2) is 5.14. The van der Waals surface area contributed by atoms with Crippen LogP contribution in [0.5, 0.6) is 0 Å². The largest absolute Gasteiger partial charge is 0.480 e. The topological polar surface area (TPSA) is 77.8 Å². The van der Waals surface area contributed by atoms with E-state index in [1.54, 1.807) is 0 Å². The fourth-order valence-electron chi connectivity index (χ4n) is 2.12. The number of carboxylic acids is 1. The Morgan fingerprint density at radius 3 is 2.68 bits per heavy atom. The van der Waals surface area contributed by atoms with Crippen LogP contribution in [0.2, 0.25) is 5.02 Å². The van der Waals surface area contributed by atoms with Gasteiger partial charge in [0.1, 0.15) is 11.9 Å². The number of likely N-dealkylation sites (tertiary alicyclic amines) is 1. The highest BCUT2D eigenvalue weighted by Gasteiger charge is 2.40. The van der Waals surface area contributed by atoms with Gasteiger partial charge in [0.15, 0.2) is 0 Å². The summed E-state index contributed by atoms with van der Waals surface area (Å²) in [4.78, 5) is 24.1. The number of aliphatic hydroxyl groups excluding tert-OH is 1. The van der Waals surface area contributed by atoms with Gasteiger partial charge in [-0.15, -0.1) is 0 Å². The lowest BCUT2D eigenvalue weighted by Crippen LogP contribution is -2.41. The summed E-state index contributed by atoms with van der Waals surface area (Å²) in [5.74, 6) is -2.88. The minimum atomic E-state index is -1.24. The summed E-state index contributed by atoms with van der Waals surface area (Å²) >= 11 is 5.77. The molecule has 1 aromatic carbocycles. The fourth-order valence-corrected chi connectivity index (χ4v) is 2.36. The molecular weight excluding hydrogens is 277 g/mol. The molecule has 0 aliphatic carbocycles. The van der Waals surface area contributed by atoms with Crippen LogP contribution in [0.25, 0.3) is 0 Å². The first-order valence-electron chi connectivity index (χ1n) is 5.57. The van der Waals surface area contributed by atoms with E-state index >= 15 is 0 Å². The molecule has 2 unspecified atom stereocenters. The zero-order valence-corrected chi connectivity index (χ0v) is 10.5. The Hall–Kier alpha value is -1.66. The van der Waals surface area contributed by atoms with Crippen molar-refractivity contribution in [3.8, 4) is 0 Å². The van der Waals surface area contributed by atoms with E-state index in [9.17, 15) is 19.1 Å². The molecule has 2 N–H and O–H groups in total. The van der Waals surface area contributed by atoms with Gasteiger partial charge in [0.2, 0.25) is 0 Å². The Kier molecular flexibility index (Phi) is 3.73. The number of aliphatic carboxylic acids is 1. The lowest BCUT2D eigenvalue weighted by molar-refractivity contribution is -0.141. The monoisotopic (exact) mass is 287 g/mol. The van der Waals surface area contributed by atoms with Crippen LogP contribution < -0.4 is 0 Å². The molecule has 1 aliphatic heterocycles. The summed E-state index contributed by atoms with van der Waals surface area (Å²) in [5, 5.41) is 18.4. The lowest BCUT2D eigenvalue weighted by Gasteiger charge is -2.21. The van der Waals surface area contributed by atoms with Crippen molar-refractivity contribution in [3.05, 3.63) is 34.6 Å². The van der Waals surface area contributed by atoms with E-state index in [0.717, 1.165) is 11.0 Å². The molecule has 0 radical (unpaired) electrons. The third kappa shape index (κ3) is 2.54. The van der Waals surface area contributed by atoms with Crippen LogP contribution in [0.15, 0.2) is 18.2 Å². The van der Waals surface area contributed by atoms with Crippen LogP contribution in [0, 0.1) is 5.82 Å². The van der Waals surface area contributed by atoms with Gasteiger partial charge in [0.05, 0.1) is 16.7 Å². The number of carbonyl (C=O) groups excluding carboxylic acids is 1. The molecule has 1 aromatic rings. The minimum absolute atomic E-state index is 0.0762. The normalized spacial score (nSPS) is 22.6. The Labute approximate surface area is 113 Å². The molecule has 7 heteroatoms. The van der Waals surface area contributed by atoms with Gasteiger partial charge in [0, 0.05) is 13.0 Å². The molecule has 2 rings (SSSR count). The van der Waals surface area contributed by atoms with Gasteiger partial charge in [0.25, 0.3) is 5.91 Å². The molecule has 5 nitrogen and oxygen atoms in total. The van der Waals surface area contributed by atoms with Crippen molar-refractivity contribution >= 4 is 23.5 Å². The Bertz CT molecular complexity index is 516. The van der Waals surface area contributed by atoms with Crippen molar-refractivity contribution in [1.82, 2.24) is 4.90 Å². The van der Waals surface area contributed by atoms with Gasteiger partial charge in [-0.05, 0) is 12.1 Å². The molecule has 19 heavy (non-hydrogen) atoms. The summed E-state index contributed by atoms with van der Waals surface area (Å²) in [6.07, 6.45) is -1.01. The van der Waals surface area contributed by atoms with Gasteiger partial charge >= 0.3 is 5.97 Å². The second-order valence-corrected chi connectivity index (χ2v) is 4.70. The molecule has 1 heterocycles. The number of rotatable bonds is 2. The average Bonchev–Trinajstić information content (AvgIpc) is 2.71. The Morgan fingerprint density at radius 2 is 2.11 bits per heavy atom. The molecule has 2 atom stereocenters. The van der Waals surface area contributed by atoms with E-state index in [4.69, 9.17) is 16.7 Å². The second-order valence-electron chi connectivity index (χ2n) is 4.30. The van der Waals surface area contributed by atoms with Crippen LogP contribution in [-0.2, 0) is 4.79 Å². The van der Waals surface area contributed by atoms with Crippen LogP contribution >= 0.6 is 11.6 Å². The number of amides is 1. The number of aliphatic hydroxyl groups is 1. The van der Waals surface area contributed by atoms with E-state index in [2.05, 4.69) is 0 Å². The zero-order chi connectivity index (χ0) is 14.2. The highest BCUT2D eigenvalue weighted by Crippen LogP contribution is 2.26. The molecule has 0 bridgehead atoms. The van der Waals surface area contributed by atoms with Crippen molar-refractivity contribution < 1.29 is 24.2 Å². The highest BCUT2D eigenvalue weighted by molar-refractivity contribution is 6.33. The van der Waals surface area contributed by atoms with Crippen molar-refractivity contribution in [2.45, 2.75) is 18.6 Å². The number of carboxylic acid groups (broad SMARTS) is 1. The third-order valence-electron chi connectivity index (χ3n) is 3.00. The van der Waals surface area contributed by atoms with Crippen LogP contribution in [0.4, 0.5) is 4.39 Å². The quantitative estimate of drug-likeness (QED) is 0.855. The number of nitrogens with zero attached hydrogens (tertiary/aromatic N) is 1. The van der Waals surface area contributed by atoms with Crippen molar-refractivity contribution in [3.63, 3.8) is 0 Å². The molecule has 1 fully saturated rings. The molecule has 0 saturated carbocycles. The first-order chi connectivity index (χ1) is 8.91. The molecular formula is C12H11ClFNO4. The van der Waals surface area contributed by atoms with Crippen LogP contribution in [0.3, 0.4) is 0 Å². The van der Waals surface area contributed by atoms with Gasteiger partial charge < -0.3 is 15.1 Å². The number of hydrogen-bond donors (Lipinski definition) is 2. The van der Waals surface area contributed by atoms with E-state index in [0.29, 0.717) is 0 Å². The van der Waals surface area contributed by atoms with Gasteiger partial charge in [-0.2, -0.15) is 0 Å². The van der Waals surface area contributed by atoms with E-state index in [1.807, 2.05) is 0 Å². The van der Waals surface area contributed by atoms with Crippen molar-refractivity contribution in [2.24, 2.45) is 0 Å². The van der Waals surface area contributed by atoms with Gasteiger partial charge in [-0.3, -0.25) is 4.79 Å². The molecule has 0 spiro atoms. The number of β-amino-alcohol motifs (C(OH)–C–C–N with tert-alkyl or cyclic N) is 1. The van der Waals surface area contributed by atoms with Crippen molar-refractivity contribution in [1.29, 1.82) is 0 Å². The number of benzene rings is 1. The summed E-state index contributed by atoms with van der Waals surface area (Å²) in [6, 6.07) is 2.60. The maximum absolute atomic E-state index is 13.6. The van der Waals surface area contributed by atoms with Crippen LogP contribution in [-0.4, -0.2) is 45.7 Å². The predicted octanol–water partition coefficient (Wildman–Crippen LogP) is 1.14. The Balaban J connectivity index is 2.36. The molecule has 1 aliphatic rings.